The average molecular weight is 620 g/mol. The van der Waals surface area contributed by atoms with Crippen LogP contribution in [0.15, 0.2) is 99.9 Å². The second-order valence-corrected chi connectivity index (χ2v) is 11.5. The second-order valence-electron chi connectivity index (χ2n) is 9.28. The summed E-state index contributed by atoms with van der Waals surface area (Å²) < 4.78 is 3.35. The van der Waals surface area contributed by atoms with Crippen molar-refractivity contribution in [2.24, 2.45) is 4.99 Å². The third kappa shape index (κ3) is 5.24. The molecule has 5 rings (SSSR count). The number of amides is 1. The van der Waals surface area contributed by atoms with Crippen LogP contribution in [0.4, 0.5) is 5.69 Å². The maximum atomic E-state index is 13.8. The van der Waals surface area contributed by atoms with Crippen LogP contribution in [0, 0.1) is 3.57 Å². The minimum absolute atomic E-state index is 0.155. The van der Waals surface area contributed by atoms with Crippen molar-refractivity contribution < 1.29 is 4.79 Å². The number of halogens is 1. The molecule has 0 saturated carbocycles. The summed E-state index contributed by atoms with van der Waals surface area (Å²) in [6, 6.07) is 24.9. The van der Waals surface area contributed by atoms with Crippen LogP contribution in [0.25, 0.3) is 6.08 Å². The van der Waals surface area contributed by atoms with Crippen molar-refractivity contribution in [2.75, 3.05) is 5.32 Å². The summed E-state index contributed by atoms with van der Waals surface area (Å²) in [5, 5.41) is 3.00. The third-order valence-electron chi connectivity index (χ3n) is 6.36. The molecule has 0 bridgehead atoms. The van der Waals surface area contributed by atoms with Gasteiger partial charge in [-0.05, 0) is 82.5 Å². The van der Waals surface area contributed by atoms with Crippen LogP contribution in [-0.2, 0) is 4.79 Å². The summed E-state index contributed by atoms with van der Waals surface area (Å²) in [7, 11) is 0. The zero-order chi connectivity index (χ0) is 26.1. The molecule has 1 aliphatic rings. The molecule has 186 valence electrons. The Labute approximate surface area is 233 Å². The average Bonchev–Trinajstić information content (AvgIpc) is 3.18. The van der Waals surface area contributed by atoms with E-state index in [1.807, 2.05) is 79.7 Å². The van der Waals surface area contributed by atoms with Crippen molar-refractivity contribution in [3.63, 3.8) is 0 Å². The predicted molar refractivity (Wildman–Crippen MR) is 159 cm³/mol. The lowest BCUT2D eigenvalue weighted by atomic mass is 9.93. The van der Waals surface area contributed by atoms with Gasteiger partial charge in [0.1, 0.15) is 0 Å². The smallest absolute Gasteiger partial charge is 0.271 e. The van der Waals surface area contributed by atoms with Gasteiger partial charge in [-0.25, -0.2) is 4.99 Å². The largest absolute Gasteiger partial charge is 0.322 e. The molecule has 0 radical (unpaired) electrons. The summed E-state index contributed by atoms with van der Waals surface area (Å²) in [6.07, 6.45) is 1.90. The quantitative estimate of drug-likeness (QED) is 0.296. The Hall–Kier alpha value is -3.30. The van der Waals surface area contributed by atoms with E-state index in [2.05, 4.69) is 53.9 Å². The number of nitrogens with one attached hydrogen (secondary N) is 1. The van der Waals surface area contributed by atoms with Crippen LogP contribution in [0.2, 0.25) is 0 Å². The molecule has 1 amide bonds. The lowest BCUT2D eigenvalue weighted by molar-refractivity contribution is -0.113. The molecule has 0 fully saturated rings. The zero-order valence-electron chi connectivity index (χ0n) is 20.7. The molecule has 1 N–H and O–H groups in total. The van der Waals surface area contributed by atoms with E-state index in [0.29, 0.717) is 32.2 Å². The minimum Gasteiger partial charge on any atom is -0.322 e. The van der Waals surface area contributed by atoms with Gasteiger partial charge in [0, 0.05) is 9.26 Å². The standard InChI is InChI=1S/C30H26IN3O2S/c1-18(2)21-12-14-22(15-13-21)27-26(28(35)33-24-10-5-4-6-11-24)19(3)32-30-34(27)29(36)25(37-30)17-20-8-7-9-23(31)16-20/h4-18,27H,1-3H3,(H,33,35)/b25-17+/t27-/m1/s1. The van der Waals surface area contributed by atoms with Gasteiger partial charge < -0.3 is 5.32 Å². The van der Waals surface area contributed by atoms with E-state index in [4.69, 9.17) is 4.99 Å². The van der Waals surface area contributed by atoms with E-state index < -0.39 is 6.04 Å². The molecular weight excluding hydrogens is 593 g/mol. The number of nitrogens with zero attached hydrogens (tertiary/aromatic N) is 2. The number of hydrogen-bond donors (Lipinski definition) is 1. The number of rotatable bonds is 5. The van der Waals surface area contributed by atoms with E-state index in [1.165, 1.54) is 16.9 Å². The van der Waals surface area contributed by atoms with Gasteiger partial charge in [0.05, 0.1) is 21.8 Å². The van der Waals surface area contributed by atoms with E-state index in [0.717, 1.165) is 14.7 Å². The molecule has 0 saturated heterocycles. The number of anilines is 1. The molecule has 4 aromatic rings. The highest BCUT2D eigenvalue weighted by Crippen LogP contribution is 2.31. The number of aromatic nitrogens is 1. The van der Waals surface area contributed by atoms with Crippen LogP contribution in [0.3, 0.4) is 0 Å². The number of allylic oxidation sites excluding steroid dienone is 1. The molecule has 1 aromatic heterocycles. The van der Waals surface area contributed by atoms with Gasteiger partial charge in [-0.2, -0.15) is 0 Å². The van der Waals surface area contributed by atoms with E-state index in [1.54, 1.807) is 4.57 Å². The highest BCUT2D eigenvalue weighted by Gasteiger charge is 2.32. The number of carbonyl (C=O) groups excluding carboxylic acids is 1. The maximum absolute atomic E-state index is 13.8. The molecule has 1 atom stereocenters. The van der Waals surface area contributed by atoms with Crippen molar-refractivity contribution in [3.05, 3.63) is 130 Å². The number of thiazole rings is 1. The summed E-state index contributed by atoms with van der Waals surface area (Å²) in [5.74, 6) is 0.111. The van der Waals surface area contributed by atoms with E-state index in [9.17, 15) is 9.59 Å². The van der Waals surface area contributed by atoms with Crippen molar-refractivity contribution in [1.29, 1.82) is 0 Å². The van der Waals surface area contributed by atoms with E-state index in [-0.39, 0.29) is 11.5 Å². The van der Waals surface area contributed by atoms with Gasteiger partial charge in [0.25, 0.3) is 11.5 Å². The van der Waals surface area contributed by atoms with Gasteiger partial charge in [0.2, 0.25) is 0 Å². The first kappa shape index (κ1) is 25.4. The molecule has 1 aliphatic heterocycles. The summed E-state index contributed by atoms with van der Waals surface area (Å²) >= 11 is 3.61. The van der Waals surface area contributed by atoms with Crippen LogP contribution in [0.5, 0.6) is 0 Å². The molecule has 5 nitrogen and oxygen atoms in total. The second kappa shape index (κ2) is 10.6. The fourth-order valence-electron chi connectivity index (χ4n) is 4.46. The molecule has 0 aliphatic carbocycles. The van der Waals surface area contributed by atoms with Crippen LogP contribution >= 0.6 is 33.9 Å². The van der Waals surface area contributed by atoms with Gasteiger partial charge in [-0.3, -0.25) is 14.2 Å². The molecule has 0 spiro atoms. The first-order valence-corrected chi connectivity index (χ1v) is 14.0. The fourth-order valence-corrected chi connectivity index (χ4v) is 6.07. The van der Waals surface area contributed by atoms with E-state index >= 15 is 0 Å². The lowest BCUT2D eigenvalue weighted by Crippen LogP contribution is -2.40. The molecule has 3 aromatic carbocycles. The maximum Gasteiger partial charge on any atom is 0.271 e. The number of hydrogen-bond acceptors (Lipinski definition) is 4. The topological polar surface area (TPSA) is 63.5 Å². The normalized spacial score (nSPS) is 15.5. The van der Waals surface area contributed by atoms with Crippen LogP contribution in [-0.4, -0.2) is 10.5 Å². The van der Waals surface area contributed by atoms with Crippen LogP contribution in [0.1, 0.15) is 49.4 Å². The number of para-hydroxylation sites is 1. The Kier molecular flexibility index (Phi) is 7.26. The Morgan fingerprint density at radius 1 is 1.05 bits per heavy atom. The monoisotopic (exact) mass is 619 g/mol. The minimum atomic E-state index is -0.584. The predicted octanol–water partition coefficient (Wildman–Crippen LogP) is 5.60. The first-order chi connectivity index (χ1) is 17.8. The number of fused-ring (bicyclic) bond motifs is 1. The van der Waals surface area contributed by atoms with Gasteiger partial charge in [0.15, 0.2) is 4.80 Å². The van der Waals surface area contributed by atoms with Crippen molar-refractivity contribution in [1.82, 2.24) is 4.57 Å². The summed E-state index contributed by atoms with van der Waals surface area (Å²) in [6.45, 7) is 6.13. The highest BCUT2D eigenvalue weighted by atomic mass is 127. The highest BCUT2D eigenvalue weighted by molar-refractivity contribution is 14.1. The fraction of sp³-hybridized carbons (Fsp3) is 0.167. The Bertz CT molecular complexity index is 1680. The third-order valence-corrected chi connectivity index (χ3v) is 8.02. The first-order valence-electron chi connectivity index (χ1n) is 12.1. The van der Waals surface area contributed by atoms with Gasteiger partial charge in [-0.1, -0.05) is 79.8 Å². The van der Waals surface area contributed by atoms with Gasteiger partial charge in [-0.15, -0.1) is 0 Å². The Morgan fingerprint density at radius 3 is 2.46 bits per heavy atom. The Morgan fingerprint density at radius 2 is 1.78 bits per heavy atom. The number of carbonyl (C=O) groups is 1. The molecule has 0 unspecified atom stereocenters. The zero-order valence-corrected chi connectivity index (χ0v) is 23.7. The molecule has 37 heavy (non-hydrogen) atoms. The van der Waals surface area contributed by atoms with Gasteiger partial charge >= 0.3 is 0 Å². The SMILES string of the molecule is CC1=C(C(=O)Nc2ccccc2)[C@@H](c2ccc(C(C)C)cc2)n2c(s/c(=C/c3cccc(I)c3)c2=O)=N1. The van der Waals surface area contributed by atoms with Crippen molar-refractivity contribution >= 4 is 51.6 Å². The Balaban J connectivity index is 1.67. The molecular formula is C30H26IN3O2S. The number of benzene rings is 3. The van der Waals surface area contributed by atoms with Crippen molar-refractivity contribution in [2.45, 2.75) is 32.7 Å². The van der Waals surface area contributed by atoms with Crippen LogP contribution < -0.4 is 20.2 Å². The molecule has 7 heteroatoms. The molecule has 2 heterocycles. The summed E-state index contributed by atoms with van der Waals surface area (Å²) in [4.78, 5) is 32.8. The summed E-state index contributed by atoms with van der Waals surface area (Å²) in [5.41, 5.74) is 4.64. The van der Waals surface area contributed by atoms with Crippen molar-refractivity contribution in [3.8, 4) is 0 Å². The lowest BCUT2D eigenvalue weighted by Gasteiger charge is -2.25.